The Hall–Kier alpha value is -0.0900. The Morgan fingerprint density at radius 3 is 3.22 bits per heavy atom. The Balaban J connectivity index is 2.30. The fraction of sp³-hybridized carbons (Fsp3) is 0.600. The predicted molar refractivity (Wildman–Crippen MR) is 40.9 cm³/mol. The summed E-state index contributed by atoms with van der Waals surface area (Å²) < 4.78 is 7.93. The molecule has 1 aromatic heterocycles. The Morgan fingerprint density at radius 2 is 2.67 bits per heavy atom. The van der Waals surface area contributed by atoms with E-state index in [-0.39, 0.29) is 0 Å². The molecule has 50 valence electrons. The van der Waals surface area contributed by atoms with Gasteiger partial charge in [-0.25, -0.2) is 0 Å². The summed E-state index contributed by atoms with van der Waals surface area (Å²) in [5, 5.41) is 1.06. The van der Waals surface area contributed by atoms with E-state index in [4.69, 9.17) is 0 Å². The van der Waals surface area contributed by atoms with Crippen LogP contribution in [0.15, 0.2) is 11.2 Å². The second kappa shape index (κ2) is 3.85. The third-order valence-electron chi connectivity index (χ3n) is 0.795. The van der Waals surface area contributed by atoms with Gasteiger partial charge in [0.15, 0.2) is 0 Å². The van der Waals surface area contributed by atoms with Crippen molar-refractivity contribution in [2.75, 3.05) is 5.75 Å². The van der Waals surface area contributed by atoms with E-state index < -0.39 is 0 Å². The minimum absolute atomic E-state index is 1.06. The highest BCUT2D eigenvalue weighted by molar-refractivity contribution is 7.99. The molecule has 4 heteroatoms. The van der Waals surface area contributed by atoms with E-state index >= 15 is 0 Å². The first kappa shape index (κ1) is 7.02. The molecule has 0 aliphatic carbocycles. The molecule has 9 heavy (non-hydrogen) atoms. The van der Waals surface area contributed by atoms with Gasteiger partial charge in [0.1, 0.15) is 5.03 Å². The van der Waals surface area contributed by atoms with Crippen LogP contribution in [0.4, 0.5) is 0 Å². The number of hydrogen-bond acceptors (Lipinski definition) is 4. The van der Waals surface area contributed by atoms with Crippen molar-refractivity contribution in [1.29, 1.82) is 0 Å². The summed E-state index contributed by atoms with van der Waals surface area (Å²) in [6, 6.07) is 0. The molecule has 0 radical (unpaired) electrons. The van der Waals surface area contributed by atoms with Crippen LogP contribution in [0.2, 0.25) is 0 Å². The van der Waals surface area contributed by atoms with Crippen molar-refractivity contribution in [1.82, 2.24) is 8.75 Å². The minimum Gasteiger partial charge on any atom is -0.180 e. The molecule has 0 aliphatic rings. The number of thioether (sulfide) groups is 1. The maximum atomic E-state index is 4.05. The number of nitrogens with zero attached hydrogens (tertiary/aromatic N) is 2. The topological polar surface area (TPSA) is 25.8 Å². The van der Waals surface area contributed by atoms with E-state index in [2.05, 4.69) is 15.7 Å². The second-order valence-corrected chi connectivity index (χ2v) is 3.27. The standard InChI is InChI=1S/C5H8N2S2/c1-2-3-8-5-4-6-9-7-5/h4H,2-3H2,1H3. The van der Waals surface area contributed by atoms with Gasteiger partial charge in [-0.3, -0.25) is 0 Å². The van der Waals surface area contributed by atoms with E-state index in [1.54, 1.807) is 11.8 Å². The fourth-order valence-corrected chi connectivity index (χ4v) is 1.67. The molecule has 0 atom stereocenters. The normalized spacial score (nSPS) is 9.89. The van der Waals surface area contributed by atoms with Crippen LogP contribution >= 0.6 is 23.5 Å². The highest BCUT2D eigenvalue weighted by Crippen LogP contribution is 2.14. The molecule has 0 spiro atoms. The van der Waals surface area contributed by atoms with Crippen molar-refractivity contribution in [3.63, 3.8) is 0 Å². The largest absolute Gasteiger partial charge is 0.180 e. The molecule has 0 aliphatic heterocycles. The number of aromatic nitrogens is 2. The summed E-state index contributed by atoms with van der Waals surface area (Å²) in [5.41, 5.74) is 0. The van der Waals surface area contributed by atoms with Gasteiger partial charge in [0.2, 0.25) is 0 Å². The molecule has 1 heterocycles. The second-order valence-electron chi connectivity index (χ2n) is 1.59. The zero-order valence-corrected chi connectivity index (χ0v) is 6.84. The van der Waals surface area contributed by atoms with Crippen molar-refractivity contribution in [3.8, 4) is 0 Å². The minimum atomic E-state index is 1.06. The zero-order valence-electron chi connectivity index (χ0n) is 5.20. The lowest BCUT2D eigenvalue weighted by atomic mass is 10.6. The lowest BCUT2D eigenvalue weighted by Crippen LogP contribution is -1.72. The van der Waals surface area contributed by atoms with Gasteiger partial charge < -0.3 is 0 Å². The monoisotopic (exact) mass is 160 g/mol. The summed E-state index contributed by atoms with van der Waals surface area (Å²) in [5.74, 6) is 1.14. The van der Waals surface area contributed by atoms with E-state index in [1.165, 1.54) is 18.1 Å². The first-order valence-corrected chi connectivity index (χ1v) is 4.55. The van der Waals surface area contributed by atoms with Gasteiger partial charge in [0.05, 0.1) is 17.9 Å². The average Bonchev–Trinajstić information content (AvgIpc) is 2.34. The maximum absolute atomic E-state index is 4.05. The number of hydrogen-bond donors (Lipinski definition) is 0. The Morgan fingerprint density at radius 1 is 1.78 bits per heavy atom. The number of rotatable bonds is 3. The Bertz CT molecular complexity index is 150. The molecule has 0 unspecified atom stereocenters. The zero-order chi connectivity index (χ0) is 6.53. The van der Waals surface area contributed by atoms with Crippen LogP contribution in [0, 0.1) is 0 Å². The average molecular weight is 160 g/mol. The van der Waals surface area contributed by atoms with Crippen LogP contribution in [0.25, 0.3) is 0 Å². The Kier molecular flexibility index (Phi) is 3.00. The molecule has 1 aromatic rings. The lowest BCUT2D eigenvalue weighted by molar-refractivity contribution is 1.10. The molecular formula is C5H8N2S2. The smallest absolute Gasteiger partial charge is 0.130 e. The fourth-order valence-electron chi connectivity index (χ4n) is 0.426. The van der Waals surface area contributed by atoms with E-state index in [9.17, 15) is 0 Å². The molecular weight excluding hydrogens is 152 g/mol. The van der Waals surface area contributed by atoms with Crippen LogP contribution < -0.4 is 0 Å². The van der Waals surface area contributed by atoms with E-state index in [0.29, 0.717) is 0 Å². The summed E-state index contributed by atoms with van der Waals surface area (Å²) in [6.07, 6.45) is 3.01. The van der Waals surface area contributed by atoms with Gasteiger partial charge >= 0.3 is 0 Å². The summed E-state index contributed by atoms with van der Waals surface area (Å²) in [7, 11) is 0. The highest BCUT2D eigenvalue weighted by atomic mass is 32.2. The molecule has 0 amide bonds. The van der Waals surface area contributed by atoms with Gasteiger partial charge in [0.25, 0.3) is 0 Å². The maximum Gasteiger partial charge on any atom is 0.130 e. The van der Waals surface area contributed by atoms with Crippen molar-refractivity contribution in [3.05, 3.63) is 6.20 Å². The van der Waals surface area contributed by atoms with Gasteiger partial charge in [-0.05, 0) is 12.2 Å². The molecule has 0 N–H and O–H groups in total. The summed E-state index contributed by atoms with van der Waals surface area (Å²) in [6.45, 7) is 2.16. The van der Waals surface area contributed by atoms with Crippen molar-refractivity contribution >= 4 is 23.5 Å². The molecule has 0 saturated heterocycles. The third kappa shape index (κ3) is 2.32. The van der Waals surface area contributed by atoms with Crippen molar-refractivity contribution in [2.24, 2.45) is 0 Å². The molecule has 0 bridgehead atoms. The van der Waals surface area contributed by atoms with Gasteiger partial charge in [-0.1, -0.05) is 6.92 Å². The van der Waals surface area contributed by atoms with Crippen LogP contribution in [0.1, 0.15) is 13.3 Å². The molecule has 0 fully saturated rings. The van der Waals surface area contributed by atoms with E-state index in [0.717, 1.165) is 10.8 Å². The lowest BCUT2D eigenvalue weighted by Gasteiger charge is -1.88. The Labute approximate surface area is 63.0 Å². The van der Waals surface area contributed by atoms with Crippen molar-refractivity contribution < 1.29 is 0 Å². The van der Waals surface area contributed by atoms with Crippen LogP contribution in [-0.4, -0.2) is 14.5 Å². The van der Waals surface area contributed by atoms with Crippen LogP contribution in [0.3, 0.4) is 0 Å². The first-order chi connectivity index (χ1) is 4.43. The molecule has 0 aromatic carbocycles. The van der Waals surface area contributed by atoms with Crippen LogP contribution in [-0.2, 0) is 0 Å². The van der Waals surface area contributed by atoms with Gasteiger partial charge in [0, 0.05) is 0 Å². The predicted octanol–water partition coefficient (Wildman–Crippen LogP) is 2.04. The molecule has 0 saturated carbocycles. The third-order valence-corrected chi connectivity index (χ3v) is 2.49. The van der Waals surface area contributed by atoms with Gasteiger partial charge in [-0.2, -0.15) is 8.75 Å². The summed E-state index contributed by atoms with van der Waals surface area (Å²) >= 11 is 3.03. The first-order valence-electron chi connectivity index (χ1n) is 2.84. The van der Waals surface area contributed by atoms with E-state index in [1.807, 2.05) is 6.20 Å². The summed E-state index contributed by atoms with van der Waals surface area (Å²) in [4.78, 5) is 0. The SMILES string of the molecule is CCCSc1cnsn1. The quantitative estimate of drug-likeness (QED) is 0.633. The molecule has 2 nitrogen and oxygen atoms in total. The van der Waals surface area contributed by atoms with Crippen LogP contribution in [0.5, 0.6) is 0 Å². The highest BCUT2D eigenvalue weighted by Gasteiger charge is 1.92. The van der Waals surface area contributed by atoms with Crippen molar-refractivity contribution in [2.45, 2.75) is 18.4 Å². The molecule has 1 rings (SSSR count). The van der Waals surface area contributed by atoms with Gasteiger partial charge in [-0.15, -0.1) is 11.8 Å².